The van der Waals surface area contributed by atoms with Crippen molar-refractivity contribution in [3.8, 4) is 0 Å². The van der Waals surface area contributed by atoms with Gasteiger partial charge >= 0.3 is 11.9 Å². The van der Waals surface area contributed by atoms with Gasteiger partial charge in [-0.1, -0.05) is 19.1 Å². The van der Waals surface area contributed by atoms with Crippen LogP contribution in [-0.2, 0) is 20.9 Å². The van der Waals surface area contributed by atoms with Gasteiger partial charge in [-0.2, -0.15) is 5.10 Å². The summed E-state index contributed by atoms with van der Waals surface area (Å²) in [6, 6.07) is 5.57. The predicted octanol–water partition coefficient (Wildman–Crippen LogP) is 1.59. The molecule has 0 saturated carbocycles. The maximum atomic E-state index is 12.5. The summed E-state index contributed by atoms with van der Waals surface area (Å²) < 4.78 is 6.40. The molecule has 0 aliphatic carbocycles. The Hall–Kier alpha value is -2.90. The van der Waals surface area contributed by atoms with E-state index in [0.29, 0.717) is 31.2 Å². The summed E-state index contributed by atoms with van der Waals surface area (Å²) in [7, 11) is 3.01. The number of piperidine rings is 1. The molecule has 2 aromatic rings. The highest BCUT2D eigenvalue weighted by atomic mass is 16.5. The SMILES string of the molecule is COC(=O)C(=O)N1CC(C)CCC1c1ccc2c3n(nc2c1)CCN(C)C3=O. The molecule has 8 heteroatoms. The van der Waals surface area contributed by atoms with Gasteiger partial charge in [0.2, 0.25) is 0 Å². The number of fused-ring (bicyclic) bond motifs is 3. The van der Waals surface area contributed by atoms with E-state index in [9.17, 15) is 14.4 Å². The Kier molecular flexibility index (Phi) is 4.56. The molecule has 2 atom stereocenters. The normalized spacial score (nSPS) is 22.3. The molecule has 0 bridgehead atoms. The van der Waals surface area contributed by atoms with Crippen LogP contribution in [0.1, 0.15) is 41.9 Å². The lowest BCUT2D eigenvalue weighted by Crippen LogP contribution is -2.45. The first-order chi connectivity index (χ1) is 13.4. The van der Waals surface area contributed by atoms with Gasteiger partial charge in [0.15, 0.2) is 0 Å². The minimum absolute atomic E-state index is 0.0320. The van der Waals surface area contributed by atoms with E-state index in [1.54, 1.807) is 21.5 Å². The molecule has 28 heavy (non-hydrogen) atoms. The molecule has 8 nitrogen and oxygen atoms in total. The first kappa shape index (κ1) is 18.5. The smallest absolute Gasteiger partial charge is 0.396 e. The number of nitrogens with zero attached hydrogens (tertiary/aromatic N) is 4. The third-order valence-corrected chi connectivity index (χ3v) is 5.78. The van der Waals surface area contributed by atoms with E-state index >= 15 is 0 Å². The van der Waals surface area contributed by atoms with Crippen LogP contribution >= 0.6 is 0 Å². The van der Waals surface area contributed by atoms with Crippen LogP contribution in [0.3, 0.4) is 0 Å². The summed E-state index contributed by atoms with van der Waals surface area (Å²) in [6.07, 6.45) is 1.74. The summed E-state index contributed by atoms with van der Waals surface area (Å²) >= 11 is 0. The van der Waals surface area contributed by atoms with Crippen molar-refractivity contribution in [3.05, 3.63) is 29.5 Å². The lowest BCUT2D eigenvalue weighted by atomic mass is 9.89. The van der Waals surface area contributed by atoms with E-state index in [-0.39, 0.29) is 11.9 Å². The molecule has 2 amide bonds. The second-order valence-electron chi connectivity index (χ2n) is 7.72. The number of rotatable bonds is 1. The summed E-state index contributed by atoms with van der Waals surface area (Å²) in [6.45, 7) is 3.88. The molecule has 2 aliphatic heterocycles. The van der Waals surface area contributed by atoms with E-state index in [4.69, 9.17) is 0 Å². The Labute approximate surface area is 163 Å². The summed E-state index contributed by atoms with van der Waals surface area (Å²) in [5.41, 5.74) is 2.27. The molecule has 4 rings (SSSR count). The van der Waals surface area contributed by atoms with Gasteiger partial charge in [-0.05, 0) is 30.4 Å². The molecular formula is C20H24N4O4. The van der Waals surface area contributed by atoms with Crippen LogP contribution in [0, 0.1) is 5.92 Å². The largest absolute Gasteiger partial charge is 0.462 e. The van der Waals surface area contributed by atoms with Gasteiger partial charge in [-0.15, -0.1) is 0 Å². The van der Waals surface area contributed by atoms with Crippen molar-refractivity contribution in [1.29, 1.82) is 0 Å². The van der Waals surface area contributed by atoms with Gasteiger partial charge in [0, 0.05) is 25.5 Å². The number of carbonyl (C=O) groups excluding carboxylic acids is 3. The van der Waals surface area contributed by atoms with Gasteiger partial charge < -0.3 is 14.5 Å². The third-order valence-electron chi connectivity index (χ3n) is 5.78. The van der Waals surface area contributed by atoms with Crippen LogP contribution < -0.4 is 0 Å². The first-order valence-corrected chi connectivity index (χ1v) is 9.55. The van der Waals surface area contributed by atoms with Crippen LogP contribution in [-0.4, -0.2) is 64.6 Å². The molecular weight excluding hydrogens is 360 g/mol. The maximum Gasteiger partial charge on any atom is 0.396 e. The molecule has 0 spiro atoms. The minimum Gasteiger partial charge on any atom is -0.462 e. The van der Waals surface area contributed by atoms with Gasteiger partial charge in [0.1, 0.15) is 5.69 Å². The maximum absolute atomic E-state index is 12.5. The average Bonchev–Trinajstić information content (AvgIpc) is 3.07. The minimum atomic E-state index is -0.841. The Morgan fingerprint density at radius 1 is 1.21 bits per heavy atom. The van der Waals surface area contributed by atoms with E-state index in [1.807, 2.05) is 18.2 Å². The molecule has 0 radical (unpaired) electrons. The lowest BCUT2D eigenvalue weighted by molar-refractivity contribution is -0.160. The van der Waals surface area contributed by atoms with E-state index in [2.05, 4.69) is 16.8 Å². The highest BCUT2D eigenvalue weighted by molar-refractivity contribution is 6.32. The van der Waals surface area contributed by atoms with Crippen molar-refractivity contribution >= 4 is 28.7 Å². The molecule has 1 fully saturated rings. The van der Waals surface area contributed by atoms with E-state index < -0.39 is 11.9 Å². The number of benzene rings is 1. The van der Waals surface area contributed by atoms with Crippen molar-refractivity contribution in [3.63, 3.8) is 0 Å². The van der Waals surface area contributed by atoms with Crippen LogP contribution in [0.2, 0.25) is 0 Å². The number of esters is 1. The highest BCUT2D eigenvalue weighted by Gasteiger charge is 2.35. The van der Waals surface area contributed by atoms with Gasteiger partial charge in [-0.25, -0.2) is 4.79 Å². The van der Waals surface area contributed by atoms with Crippen molar-refractivity contribution in [2.75, 3.05) is 27.2 Å². The van der Waals surface area contributed by atoms with Crippen molar-refractivity contribution < 1.29 is 19.1 Å². The number of methoxy groups -OCH3 is 1. The molecule has 2 aliphatic rings. The Balaban J connectivity index is 1.72. The van der Waals surface area contributed by atoms with Crippen LogP contribution in [0.5, 0.6) is 0 Å². The topological polar surface area (TPSA) is 84.7 Å². The Morgan fingerprint density at radius 3 is 2.75 bits per heavy atom. The lowest BCUT2D eigenvalue weighted by Gasteiger charge is -2.38. The zero-order valence-corrected chi connectivity index (χ0v) is 16.3. The number of hydrogen-bond acceptors (Lipinski definition) is 5. The number of amides is 2. The number of ether oxygens (including phenoxy) is 1. The zero-order valence-electron chi connectivity index (χ0n) is 16.3. The van der Waals surface area contributed by atoms with Crippen molar-refractivity contribution in [2.24, 2.45) is 5.92 Å². The molecule has 1 aromatic carbocycles. The van der Waals surface area contributed by atoms with E-state index in [1.165, 1.54) is 7.11 Å². The number of carbonyl (C=O) groups is 3. The van der Waals surface area contributed by atoms with Crippen molar-refractivity contribution in [1.82, 2.24) is 19.6 Å². The number of likely N-dealkylation sites (N-methyl/N-ethyl adjacent to an activating group) is 1. The molecule has 1 aromatic heterocycles. The fourth-order valence-electron chi connectivity index (χ4n) is 4.20. The highest BCUT2D eigenvalue weighted by Crippen LogP contribution is 2.35. The summed E-state index contributed by atoms with van der Waals surface area (Å²) in [5.74, 6) is -1.16. The number of hydrogen-bond donors (Lipinski definition) is 0. The van der Waals surface area contributed by atoms with Crippen molar-refractivity contribution in [2.45, 2.75) is 32.4 Å². The first-order valence-electron chi connectivity index (χ1n) is 9.55. The van der Waals surface area contributed by atoms with Crippen LogP contribution in [0.15, 0.2) is 18.2 Å². The third kappa shape index (κ3) is 2.93. The summed E-state index contributed by atoms with van der Waals surface area (Å²) in [4.78, 5) is 40.2. The van der Waals surface area contributed by atoms with Gasteiger partial charge in [0.05, 0.1) is 25.2 Å². The number of likely N-dealkylation sites (tertiary alicyclic amines) is 1. The Morgan fingerprint density at radius 2 is 2.00 bits per heavy atom. The number of aromatic nitrogens is 2. The fourth-order valence-corrected chi connectivity index (χ4v) is 4.20. The molecule has 2 unspecified atom stereocenters. The van der Waals surface area contributed by atoms with Crippen LogP contribution in [0.25, 0.3) is 10.9 Å². The second-order valence-corrected chi connectivity index (χ2v) is 7.72. The zero-order chi connectivity index (χ0) is 20.0. The summed E-state index contributed by atoms with van der Waals surface area (Å²) in [5, 5.41) is 5.42. The molecule has 1 saturated heterocycles. The predicted molar refractivity (Wildman–Crippen MR) is 102 cm³/mol. The van der Waals surface area contributed by atoms with Crippen LogP contribution in [0.4, 0.5) is 0 Å². The monoisotopic (exact) mass is 384 g/mol. The molecule has 0 N–H and O–H groups in total. The molecule has 148 valence electrons. The average molecular weight is 384 g/mol. The van der Waals surface area contributed by atoms with Gasteiger partial charge in [0.25, 0.3) is 5.91 Å². The molecule has 3 heterocycles. The Bertz CT molecular complexity index is 967. The fraction of sp³-hybridized carbons (Fsp3) is 0.500. The standard InChI is InChI=1S/C20H24N4O4/c1-12-4-7-16(23(11-12)19(26)20(27)28-3)13-5-6-14-15(10-13)21-24-9-8-22(2)18(25)17(14)24/h5-6,10,12,16H,4,7-9,11H2,1-3H3. The second kappa shape index (κ2) is 6.92. The van der Waals surface area contributed by atoms with E-state index in [0.717, 1.165) is 29.3 Å². The van der Waals surface area contributed by atoms with Gasteiger partial charge in [-0.3, -0.25) is 14.3 Å². The quantitative estimate of drug-likeness (QED) is 0.551.